The molecule has 29 heavy (non-hydrogen) atoms. The number of benzene rings is 3. The van der Waals surface area contributed by atoms with E-state index < -0.39 is 14.9 Å². The molecule has 0 fully saturated rings. The van der Waals surface area contributed by atoms with E-state index in [2.05, 4.69) is 10.0 Å². The van der Waals surface area contributed by atoms with Gasteiger partial charge in [-0.3, -0.25) is 19.6 Å². The maximum Gasteiger partial charge on any atom is 0.270 e. The molecule has 9 heteroatoms. The molecule has 3 aromatic rings. The Kier molecular flexibility index (Phi) is 5.60. The number of rotatable bonds is 6. The molecule has 1 amide bonds. The molecular formula is C20H17N3O5S. The van der Waals surface area contributed by atoms with Gasteiger partial charge in [-0.05, 0) is 48.9 Å². The second-order valence-corrected chi connectivity index (χ2v) is 7.89. The first-order valence-corrected chi connectivity index (χ1v) is 9.99. The van der Waals surface area contributed by atoms with Crippen LogP contribution in [0.5, 0.6) is 0 Å². The molecule has 0 aliphatic heterocycles. The van der Waals surface area contributed by atoms with Crippen molar-refractivity contribution >= 4 is 33.0 Å². The molecule has 0 aromatic heterocycles. The summed E-state index contributed by atoms with van der Waals surface area (Å²) in [5.41, 5.74) is 1.86. The van der Waals surface area contributed by atoms with Gasteiger partial charge in [-0.25, -0.2) is 8.42 Å². The fourth-order valence-corrected chi connectivity index (χ4v) is 3.67. The minimum atomic E-state index is -4.01. The number of para-hydroxylation sites is 1. The van der Waals surface area contributed by atoms with Crippen LogP contribution in [0.25, 0.3) is 0 Å². The van der Waals surface area contributed by atoms with E-state index >= 15 is 0 Å². The lowest BCUT2D eigenvalue weighted by Gasteiger charge is -2.10. The number of non-ortho nitro benzene ring substituents is 1. The number of aryl methyl sites for hydroxylation is 1. The van der Waals surface area contributed by atoms with Gasteiger partial charge in [0.2, 0.25) is 0 Å². The lowest BCUT2D eigenvalue weighted by molar-refractivity contribution is -0.385. The second-order valence-electron chi connectivity index (χ2n) is 6.21. The zero-order valence-corrected chi connectivity index (χ0v) is 16.1. The van der Waals surface area contributed by atoms with E-state index in [1.165, 1.54) is 42.5 Å². The highest BCUT2D eigenvalue weighted by molar-refractivity contribution is 7.92. The van der Waals surface area contributed by atoms with Crippen molar-refractivity contribution in [1.29, 1.82) is 0 Å². The molecule has 0 radical (unpaired) electrons. The average Bonchev–Trinajstić information content (AvgIpc) is 2.70. The van der Waals surface area contributed by atoms with Gasteiger partial charge in [0.15, 0.2) is 0 Å². The molecule has 0 aliphatic carbocycles. The smallest absolute Gasteiger partial charge is 0.270 e. The van der Waals surface area contributed by atoms with Crippen LogP contribution in [0.4, 0.5) is 17.1 Å². The van der Waals surface area contributed by atoms with E-state index in [9.17, 15) is 23.3 Å². The number of amides is 1. The molecule has 8 nitrogen and oxygen atoms in total. The minimum Gasteiger partial charge on any atom is -0.322 e. The summed E-state index contributed by atoms with van der Waals surface area (Å²) in [6, 6.07) is 18.0. The molecule has 0 bridgehead atoms. The molecule has 3 rings (SSSR count). The van der Waals surface area contributed by atoms with Crippen molar-refractivity contribution in [2.24, 2.45) is 0 Å². The summed E-state index contributed by atoms with van der Waals surface area (Å²) in [6.45, 7) is 1.88. The third kappa shape index (κ3) is 4.77. The quantitative estimate of drug-likeness (QED) is 0.470. The number of sulfonamides is 1. The number of nitrogens with one attached hydrogen (secondary N) is 2. The normalized spacial score (nSPS) is 10.9. The van der Waals surface area contributed by atoms with Crippen molar-refractivity contribution in [2.75, 3.05) is 10.0 Å². The summed E-state index contributed by atoms with van der Waals surface area (Å²) in [5.74, 6) is -0.326. The van der Waals surface area contributed by atoms with Crippen molar-refractivity contribution in [1.82, 2.24) is 0 Å². The van der Waals surface area contributed by atoms with Crippen LogP contribution in [0.15, 0.2) is 77.7 Å². The lowest BCUT2D eigenvalue weighted by Crippen LogP contribution is -2.14. The lowest BCUT2D eigenvalue weighted by atomic mass is 10.1. The molecule has 0 saturated carbocycles. The van der Waals surface area contributed by atoms with E-state index in [1.54, 1.807) is 6.07 Å². The third-order valence-electron chi connectivity index (χ3n) is 4.13. The van der Waals surface area contributed by atoms with E-state index in [0.717, 1.165) is 11.6 Å². The molecule has 148 valence electrons. The maximum atomic E-state index is 12.5. The Bertz CT molecular complexity index is 1170. The van der Waals surface area contributed by atoms with Crippen LogP contribution in [0, 0.1) is 17.0 Å². The summed E-state index contributed by atoms with van der Waals surface area (Å²) in [6.07, 6.45) is 0. The molecule has 3 aromatic carbocycles. The van der Waals surface area contributed by atoms with Crippen molar-refractivity contribution in [3.63, 3.8) is 0 Å². The molecule has 0 saturated heterocycles. The summed E-state index contributed by atoms with van der Waals surface area (Å²) >= 11 is 0. The molecule has 2 N–H and O–H groups in total. The van der Waals surface area contributed by atoms with Gasteiger partial charge in [-0.2, -0.15) is 0 Å². The molecule has 0 unspecified atom stereocenters. The van der Waals surface area contributed by atoms with Crippen LogP contribution in [-0.2, 0) is 10.0 Å². The highest BCUT2D eigenvalue weighted by atomic mass is 32.2. The summed E-state index contributed by atoms with van der Waals surface area (Å²) < 4.78 is 27.3. The van der Waals surface area contributed by atoms with Gasteiger partial charge in [-0.1, -0.05) is 24.3 Å². The largest absolute Gasteiger partial charge is 0.322 e. The topological polar surface area (TPSA) is 118 Å². The second kappa shape index (κ2) is 8.11. The van der Waals surface area contributed by atoms with Crippen LogP contribution in [0.1, 0.15) is 15.9 Å². The fourth-order valence-electron chi connectivity index (χ4n) is 2.58. The highest BCUT2D eigenvalue weighted by Crippen LogP contribution is 2.21. The first-order chi connectivity index (χ1) is 13.8. The van der Waals surface area contributed by atoms with Gasteiger partial charge in [0, 0.05) is 29.1 Å². The Morgan fingerprint density at radius 2 is 1.66 bits per heavy atom. The number of hydrogen-bond acceptors (Lipinski definition) is 5. The van der Waals surface area contributed by atoms with Crippen LogP contribution < -0.4 is 10.0 Å². The minimum absolute atomic E-state index is 0.226. The van der Waals surface area contributed by atoms with Gasteiger partial charge >= 0.3 is 0 Å². The summed E-state index contributed by atoms with van der Waals surface area (Å²) in [4.78, 5) is 22.3. The predicted octanol–water partition coefficient (Wildman–Crippen LogP) is 3.96. The number of nitro benzene ring substituents is 1. The number of anilines is 2. The average molecular weight is 411 g/mol. The molecule has 0 atom stereocenters. The van der Waals surface area contributed by atoms with Gasteiger partial charge < -0.3 is 5.32 Å². The van der Waals surface area contributed by atoms with Crippen molar-refractivity contribution in [3.8, 4) is 0 Å². The number of nitro groups is 1. The first kappa shape index (κ1) is 20.0. The van der Waals surface area contributed by atoms with Gasteiger partial charge in [-0.15, -0.1) is 0 Å². The Morgan fingerprint density at radius 1 is 0.966 bits per heavy atom. The van der Waals surface area contributed by atoms with Crippen LogP contribution in [0.2, 0.25) is 0 Å². The monoisotopic (exact) mass is 411 g/mol. The standard InChI is InChI=1S/C20H17N3O5S/c1-14-5-2-3-8-19(14)21-20(24)15-9-11-16(12-10-15)22-29(27,28)18-7-4-6-17(13-18)23(25)26/h2-13,22H,1H3,(H,21,24). The van der Waals surface area contributed by atoms with E-state index in [0.29, 0.717) is 11.3 Å². The molecule has 0 aliphatic rings. The Morgan fingerprint density at radius 3 is 2.31 bits per heavy atom. The molecule has 0 spiro atoms. The number of carbonyl (C=O) groups is 1. The Labute approximate surface area is 167 Å². The third-order valence-corrected chi connectivity index (χ3v) is 5.51. The Hall–Kier alpha value is -3.72. The van der Waals surface area contributed by atoms with Gasteiger partial charge in [0.25, 0.3) is 21.6 Å². The van der Waals surface area contributed by atoms with Crippen LogP contribution in [0.3, 0.4) is 0 Å². The van der Waals surface area contributed by atoms with Crippen molar-refractivity contribution in [3.05, 3.63) is 94.0 Å². The SMILES string of the molecule is Cc1ccccc1NC(=O)c1ccc(NS(=O)(=O)c2cccc([N+](=O)[O-])c2)cc1. The fraction of sp³-hybridized carbons (Fsp3) is 0.0500. The first-order valence-electron chi connectivity index (χ1n) is 8.50. The van der Waals surface area contributed by atoms with Crippen LogP contribution in [-0.4, -0.2) is 19.2 Å². The number of carbonyl (C=O) groups excluding carboxylic acids is 1. The van der Waals surface area contributed by atoms with E-state index in [-0.39, 0.29) is 22.2 Å². The predicted molar refractivity (Wildman–Crippen MR) is 109 cm³/mol. The maximum absolute atomic E-state index is 12.5. The van der Waals surface area contributed by atoms with Crippen LogP contribution >= 0.6 is 0 Å². The zero-order valence-electron chi connectivity index (χ0n) is 15.3. The van der Waals surface area contributed by atoms with E-state index in [4.69, 9.17) is 0 Å². The highest BCUT2D eigenvalue weighted by Gasteiger charge is 2.18. The number of nitrogens with zero attached hydrogens (tertiary/aromatic N) is 1. The number of hydrogen-bond donors (Lipinski definition) is 2. The summed E-state index contributed by atoms with van der Waals surface area (Å²) in [7, 11) is -4.01. The zero-order chi connectivity index (χ0) is 21.0. The Balaban J connectivity index is 1.75. The van der Waals surface area contributed by atoms with Gasteiger partial charge in [0.1, 0.15) is 0 Å². The van der Waals surface area contributed by atoms with Gasteiger partial charge in [0.05, 0.1) is 9.82 Å². The van der Waals surface area contributed by atoms with Crippen molar-refractivity contribution < 1.29 is 18.1 Å². The molecular weight excluding hydrogens is 394 g/mol. The molecule has 0 heterocycles. The van der Waals surface area contributed by atoms with E-state index in [1.807, 2.05) is 25.1 Å². The summed E-state index contributed by atoms with van der Waals surface area (Å²) in [5, 5.41) is 13.6. The van der Waals surface area contributed by atoms with Crippen molar-refractivity contribution in [2.45, 2.75) is 11.8 Å².